The van der Waals surface area contributed by atoms with E-state index in [1.807, 2.05) is 24.0 Å². The van der Waals surface area contributed by atoms with Crippen LogP contribution in [0.5, 0.6) is 0 Å². The van der Waals surface area contributed by atoms with Crippen molar-refractivity contribution in [3.8, 4) is 11.5 Å². The molecular weight excluding hydrogens is 236 g/mol. The van der Waals surface area contributed by atoms with Crippen molar-refractivity contribution in [2.45, 2.75) is 58.2 Å². The molecule has 0 aliphatic heterocycles. The van der Waals surface area contributed by atoms with E-state index in [2.05, 4.69) is 58.0 Å². The van der Waals surface area contributed by atoms with Gasteiger partial charge in [-0.05, 0) is 22.5 Å². The third-order valence-corrected chi connectivity index (χ3v) is 10.4. The monoisotopic (exact) mass is 262 g/mol. The normalized spacial score (nSPS) is 12.1. The van der Waals surface area contributed by atoms with Crippen LogP contribution in [0.2, 0.25) is 16.6 Å². The van der Waals surface area contributed by atoms with Crippen molar-refractivity contribution in [1.29, 1.82) is 0 Å². The molecule has 0 aliphatic rings. The molecule has 0 N–H and O–H groups in total. The lowest BCUT2D eigenvalue weighted by atomic mass is 10.5. The van der Waals surface area contributed by atoms with Gasteiger partial charge in [0.2, 0.25) is 0 Å². The summed E-state index contributed by atoms with van der Waals surface area (Å²) < 4.78 is 1.99. The third kappa shape index (κ3) is 2.69. The van der Waals surface area contributed by atoms with Crippen molar-refractivity contribution in [2.75, 3.05) is 0 Å². The van der Waals surface area contributed by atoms with Gasteiger partial charge in [0.1, 0.15) is 8.07 Å². The Kier molecular flexibility index (Phi) is 4.81. The average Bonchev–Trinajstić information content (AvgIpc) is 2.63. The predicted molar refractivity (Wildman–Crippen MR) is 81.1 cm³/mol. The van der Waals surface area contributed by atoms with Crippen LogP contribution in [0.25, 0.3) is 0 Å². The van der Waals surface area contributed by atoms with E-state index in [1.54, 1.807) is 0 Å². The molecule has 18 heavy (non-hydrogen) atoms. The van der Waals surface area contributed by atoms with E-state index in [0.29, 0.717) is 16.6 Å². The van der Waals surface area contributed by atoms with E-state index >= 15 is 0 Å². The van der Waals surface area contributed by atoms with Gasteiger partial charge in [0.25, 0.3) is 0 Å². The quantitative estimate of drug-likeness (QED) is 0.595. The molecular formula is C15H26N2Si. The first-order valence-electron chi connectivity index (χ1n) is 6.82. The molecule has 0 aromatic carbocycles. The molecule has 1 aromatic rings. The molecule has 2 nitrogen and oxygen atoms in total. The maximum Gasteiger partial charge on any atom is 0.184 e. The highest BCUT2D eigenvalue weighted by molar-refractivity contribution is 6.90. The van der Waals surface area contributed by atoms with Crippen LogP contribution < -0.4 is 0 Å². The highest BCUT2D eigenvalue weighted by atomic mass is 28.3. The first-order valence-corrected chi connectivity index (χ1v) is 9.06. The van der Waals surface area contributed by atoms with Gasteiger partial charge in [-0.3, -0.25) is 0 Å². The summed E-state index contributed by atoms with van der Waals surface area (Å²) in [4.78, 5) is 4.31. The molecule has 0 saturated carbocycles. The van der Waals surface area contributed by atoms with Gasteiger partial charge in [0.05, 0.1) is 0 Å². The second-order valence-electron chi connectivity index (χ2n) is 6.01. The zero-order valence-electron chi connectivity index (χ0n) is 12.8. The molecule has 100 valence electrons. The topological polar surface area (TPSA) is 17.8 Å². The first kappa shape index (κ1) is 15.0. The molecule has 0 radical (unpaired) electrons. The van der Waals surface area contributed by atoms with Crippen LogP contribution in [-0.4, -0.2) is 17.6 Å². The molecule has 1 rings (SSSR count). The molecule has 3 heteroatoms. The maximum absolute atomic E-state index is 4.31. The van der Waals surface area contributed by atoms with E-state index < -0.39 is 8.07 Å². The highest BCUT2D eigenvalue weighted by Crippen LogP contribution is 2.40. The summed E-state index contributed by atoms with van der Waals surface area (Å²) in [6, 6.07) is 0. The fourth-order valence-electron chi connectivity index (χ4n) is 3.08. The lowest BCUT2D eigenvalue weighted by Crippen LogP contribution is -2.43. The van der Waals surface area contributed by atoms with Crippen LogP contribution in [0.4, 0.5) is 0 Å². The summed E-state index contributed by atoms with van der Waals surface area (Å²) in [7, 11) is 0.379. The Balaban J connectivity index is 3.22. The molecule has 1 aromatic heterocycles. The number of hydrogen-bond acceptors (Lipinski definition) is 1. The Bertz CT molecular complexity index is 425. The Hall–Kier alpha value is -1.01. The van der Waals surface area contributed by atoms with E-state index in [-0.39, 0.29) is 0 Å². The van der Waals surface area contributed by atoms with Gasteiger partial charge < -0.3 is 4.57 Å². The summed E-state index contributed by atoms with van der Waals surface area (Å²) in [5.74, 6) is 4.22. The van der Waals surface area contributed by atoms with E-state index in [4.69, 9.17) is 0 Å². The van der Waals surface area contributed by atoms with Crippen LogP contribution in [0.3, 0.4) is 0 Å². The van der Waals surface area contributed by atoms with Crippen LogP contribution in [-0.2, 0) is 7.05 Å². The Morgan fingerprint density at radius 1 is 1.06 bits per heavy atom. The minimum Gasteiger partial charge on any atom is -0.327 e. The summed E-state index contributed by atoms with van der Waals surface area (Å²) in [6.45, 7) is 14.0. The molecule has 0 amide bonds. The van der Waals surface area contributed by atoms with Crippen LogP contribution in [0.15, 0.2) is 12.4 Å². The van der Waals surface area contributed by atoms with Gasteiger partial charge in [-0.25, -0.2) is 4.98 Å². The number of imidazole rings is 1. The van der Waals surface area contributed by atoms with Gasteiger partial charge in [0, 0.05) is 19.4 Å². The first-order chi connectivity index (χ1) is 8.32. The number of hydrogen-bond donors (Lipinski definition) is 0. The van der Waals surface area contributed by atoms with Crippen LogP contribution in [0.1, 0.15) is 47.4 Å². The van der Waals surface area contributed by atoms with Crippen LogP contribution in [0, 0.1) is 11.5 Å². The molecule has 0 bridgehead atoms. The second-order valence-corrected chi connectivity index (χ2v) is 11.6. The standard InChI is InChI=1S/C15H26N2Si/c1-12(2)18(13(3)4,14(5)6)11-8-15-16-9-10-17(15)7/h9-10,12-14H,1-7H3. The SMILES string of the molecule is CC(C)[Si](C#Cc1nccn1C)(C(C)C)C(C)C. The van der Waals surface area contributed by atoms with Crippen LogP contribution >= 0.6 is 0 Å². The van der Waals surface area contributed by atoms with Crippen molar-refractivity contribution in [3.63, 3.8) is 0 Å². The summed E-state index contributed by atoms with van der Waals surface area (Å²) >= 11 is 0. The van der Waals surface area contributed by atoms with E-state index in [0.717, 1.165) is 5.82 Å². The average molecular weight is 262 g/mol. The maximum atomic E-state index is 4.31. The second kappa shape index (κ2) is 5.75. The Morgan fingerprint density at radius 2 is 1.56 bits per heavy atom. The zero-order chi connectivity index (χ0) is 13.9. The van der Waals surface area contributed by atoms with Gasteiger partial charge in [0.15, 0.2) is 5.82 Å². The summed E-state index contributed by atoms with van der Waals surface area (Å²) in [5.41, 5.74) is 5.70. The van der Waals surface area contributed by atoms with Crippen molar-refractivity contribution in [2.24, 2.45) is 7.05 Å². The van der Waals surface area contributed by atoms with Gasteiger partial charge in [-0.15, -0.1) is 5.54 Å². The fraction of sp³-hybridized carbons (Fsp3) is 0.667. The molecule has 1 heterocycles. The van der Waals surface area contributed by atoms with Crippen molar-refractivity contribution < 1.29 is 0 Å². The lowest BCUT2D eigenvalue weighted by molar-refractivity contribution is 0.838. The number of aromatic nitrogens is 2. The van der Waals surface area contributed by atoms with Gasteiger partial charge in [-0.2, -0.15) is 0 Å². The Morgan fingerprint density at radius 3 is 1.89 bits per heavy atom. The van der Waals surface area contributed by atoms with Gasteiger partial charge >= 0.3 is 0 Å². The summed E-state index contributed by atoms with van der Waals surface area (Å²) in [6.07, 6.45) is 3.76. The molecule has 0 saturated heterocycles. The van der Waals surface area contributed by atoms with Crippen molar-refractivity contribution in [3.05, 3.63) is 18.2 Å². The molecule has 0 spiro atoms. The fourth-order valence-corrected chi connectivity index (χ4v) is 8.28. The van der Waals surface area contributed by atoms with Gasteiger partial charge in [-0.1, -0.05) is 41.5 Å². The highest BCUT2D eigenvalue weighted by Gasteiger charge is 2.41. The van der Waals surface area contributed by atoms with Crippen molar-refractivity contribution >= 4 is 8.07 Å². The molecule has 0 fully saturated rings. The smallest absolute Gasteiger partial charge is 0.184 e. The predicted octanol–water partition coefficient (Wildman–Crippen LogP) is 3.99. The largest absolute Gasteiger partial charge is 0.327 e. The number of rotatable bonds is 3. The van der Waals surface area contributed by atoms with E-state index in [9.17, 15) is 0 Å². The summed E-state index contributed by atoms with van der Waals surface area (Å²) in [5, 5.41) is 0. The number of aryl methyl sites for hydroxylation is 1. The van der Waals surface area contributed by atoms with Crippen molar-refractivity contribution in [1.82, 2.24) is 9.55 Å². The zero-order valence-corrected chi connectivity index (χ0v) is 13.8. The van der Waals surface area contributed by atoms with E-state index in [1.165, 1.54) is 0 Å². The molecule has 0 aliphatic carbocycles. The minimum atomic E-state index is -1.62. The molecule has 0 unspecified atom stereocenters. The third-order valence-electron chi connectivity index (χ3n) is 4.08. The minimum absolute atomic E-state index is 0.672. The number of nitrogens with zero attached hydrogens (tertiary/aromatic N) is 2. The lowest BCUT2D eigenvalue weighted by Gasteiger charge is -2.37. The Labute approximate surface area is 113 Å². The molecule has 0 atom stereocenters.